The van der Waals surface area contributed by atoms with Crippen LogP contribution in [0.3, 0.4) is 0 Å². The SMILES string of the molecule is NC[C@H]1CCC[C@@H]1NC(=O)c1cc(N2CCCC2=O)ccc1F. The van der Waals surface area contributed by atoms with Crippen LogP contribution in [0.15, 0.2) is 18.2 Å². The van der Waals surface area contributed by atoms with E-state index in [4.69, 9.17) is 5.73 Å². The fourth-order valence-corrected chi connectivity index (χ4v) is 3.53. The lowest BCUT2D eigenvalue weighted by Gasteiger charge is -2.21. The van der Waals surface area contributed by atoms with E-state index in [0.717, 1.165) is 25.7 Å². The van der Waals surface area contributed by atoms with E-state index in [-0.39, 0.29) is 23.4 Å². The van der Waals surface area contributed by atoms with E-state index in [2.05, 4.69) is 5.32 Å². The van der Waals surface area contributed by atoms with Crippen molar-refractivity contribution in [3.8, 4) is 0 Å². The van der Waals surface area contributed by atoms with Crippen LogP contribution in [0.2, 0.25) is 0 Å². The van der Waals surface area contributed by atoms with Crippen LogP contribution in [-0.4, -0.2) is 30.9 Å². The van der Waals surface area contributed by atoms with Crippen LogP contribution < -0.4 is 16.0 Å². The molecule has 2 aliphatic rings. The van der Waals surface area contributed by atoms with Gasteiger partial charge in [-0.15, -0.1) is 0 Å². The fraction of sp³-hybridized carbons (Fsp3) is 0.529. The van der Waals surface area contributed by atoms with Gasteiger partial charge in [-0.25, -0.2) is 4.39 Å². The van der Waals surface area contributed by atoms with Crippen molar-refractivity contribution in [1.82, 2.24) is 5.32 Å². The minimum absolute atomic E-state index is 0.00368. The lowest BCUT2D eigenvalue weighted by molar-refractivity contribution is -0.117. The summed E-state index contributed by atoms with van der Waals surface area (Å²) in [6, 6.07) is 4.28. The normalized spacial score (nSPS) is 24.3. The summed E-state index contributed by atoms with van der Waals surface area (Å²) in [5.41, 5.74) is 6.30. The third kappa shape index (κ3) is 3.22. The number of nitrogens with two attached hydrogens (primary N) is 1. The Kier molecular flexibility index (Phi) is 4.61. The van der Waals surface area contributed by atoms with Crippen LogP contribution in [-0.2, 0) is 4.79 Å². The molecule has 0 bridgehead atoms. The second-order valence-electron chi connectivity index (χ2n) is 6.32. The standard InChI is InChI=1S/C17H22FN3O2/c18-14-7-6-12(21-8-2-5-16(21)22)9-13(14)17(23)20-15-4-1-3-11(15)10-19/h6-7,9,11,15H,1-5,8,10,19H2,(H,20,23)/t11-,15+/m1/s1. The monoisotopic (exact) mass is 319 g/mol. The van der Waals surface area contributed by atoms with Gasteiger partial charge < -0.3 is 16.0 Å². The van der Waals surface area contributed by atoms with Crippen molar-refractivity contribution < 1.29 is 14.0 Å². The summed E-state index contributed by atoms with van der Waals surface area (Å²) in [6.45, 7) is 1.14. The maximum Gasteiger partial charge on any atom is 0.254 e. The molecule has 2 atom stereocenters. The maximum atomic E-state index is 14.1. The summed E-state index contributed by atoms with van der Waals surface area (Å²) >= 11 is 0. The van der Waals surface area contributed by atoms with Gasteiger partial charge in [0.15, 0.2) is 0 Å². The molecule has 1 saturated carbocycles. The van der Waals surface area contributed by atoms with Gasteiger partial charge in [0.1, 0.15) is 5.82 Å². The molecular formula is C17H22FN3O2. The molecule has 0 aromatic heterocycles. The molecule has 5 nitrogen and oxygen atoms in total. The summed E-state index contributed by atoms with van der Waals surface area (Å²) in [5.74, 6) is -0.728. The van der Waals surface area contributed by atoms with E-state index >= 15 is 0 Å². The Hall–Kier alpha value is -1.95. The van der Waals surface area contributed by atoms with Gasteiger partial charge in [0.2, 0.25) is 5.91 Å². The Balaban J connectivity index is 1.78. The van der Waals surface area contributed by atoms with E-state index in [0.29, 0.717) is 25.2 Å². The topological polar surface area (TPSA) is 75.4 Å². The molecular weight excluding hydrogens is 297 g/mol. The summed E-state index contributed by atoms with van der Waals surface area (Å²) < 4.78 is 14.1. The van der Waals surface area contributed by atoms with Crippen LogP contribution in [0.25, 0.3) is 0 Å². The first-order valence-electron chi connectivity index (χ1n) is 8.21. The molecule has 1 heterocycles. The van der Waals surface area contributed by atoms with Crippen LogP contribution in [0.5, 0.6) is 0 Å². The molecule has 0 unspecified atom stereocenters. The van der Waals surface area contributed by atoms with Gasteiger partial charge in [-0.3, -0.25) is 9.59 Å². The number of hydrogen-bond donors (Lipinski definition) is 2. The number of nitrogens with zero attached hydrogens (tertiary/aromatic N) is 1. The Morgan fingerprint density at radius 3 is 2.87 bits per heavy atom. The zero-order valence-electron chi connectivity index (χ0n) is 13.1. The number of hydrogen-bond acceptors (Lipinski definition) is 3. The highest BCUT2D eigenvalue weighted by Gasteiger charge is 2.29. The second-order valence-corrected chi connectivity index (χ2v) is 6.32. The maximum absolute atomic E-state index is 14.1. The number of nitrogens with one attached hydrogen (secondary N) is 1. The zero-order chi connectivity index (χ0) is 16.4. The van der Waals surface area contributed by atoms with Crippen LogP contribution >= 0.6 is 0 Å². The summed E-state index contributed by atoms with van der Waals surface area (Å²) in [4.78, 5) is 25.9. The van der Waals surface area contributed by atoms with Crippen LogP contribution in [0, 0.1) is 11.7 Å². The molecule has 3 N–H and O–H groups in total. The first kappa shape index (κ1) is 15.9. The minimum atomic E-state index is -0.569. The van der Waals surface area contributed by atoms with Crippen molar-refractivity contribution in [3.05, 3.63) is 29.6 Å². The Bertz CT molecular complexity index is 620. The number of amides is 2. The molecule has 1 aromatic rings. The van der Waals surface area contributed by atoms with Crippen molar-refractivity contribution in [3.63, 3.8) is 0 Å². The van der Waals surface area contributed by atoms with Crippen LogP contribution in [0.1, 0.15) is 42.5 Å². The molecule has 23 heavy (non-hydrogen) atoms. The van der Waals surface area contributed by atoms with Gasteiger partial charge in [-0.05, 0) is 49.9 Å². The van der Waals surface area contributed by atoms with Crippen molar-refractivity contribution in [1.29, 1.82) is 0 Å². The molecule has 6 heteroatoms. The number of carbonyl (C=O) groups excluding carboxylic acids is 2. The lowest BCUT2D eigenvalue weighted by Crippen LogP contribution is -2.40. The average Bonchev–Trinajstić information content (AvgIpc) is 3.16. The Labute approximate surface area is 135 Å². The third-order valence-electron chi connectivity index (χ3n) is 4.86. The molecule has 0 radical (unpaired) electrons. The van der Waals surface area contributed by atoms with Crippen molar-refractivity contribution in [2.75, 3.05) is 18.0 Å². The highest BCUT2D eigenvalue weighted by molar-refractivity contribution is 5.99. The molecule has 1 aliphatic carbocycles. The smallest absolute Gasteiger partial charge is 0.254 e. The van der Waals surface area contributed by atoms with Crippen molar-refractivity contribution in [2.45, 2.75) is 38.1 Å². The molecule has 3 rings (SSSR count). The molecule has 1 aromatic carbocycles. The highest BCUT2D eigenvalue weighted by atomic mass is 19.1. The van der Waals surface area contributed by atoms with Gasteiger partial charge in [0, 0.05) is 24.7 Å². The molecule has 2 amide bonds. The van der Waals surface area contributed by atoms with E-state index in [1.165, 1.54) is 12.1 Å². The summed E-state index contributed by atoms with van der Waals surface area (Å²) in [5, 5.41) is 2.90. The fourth-order valence-electron chi connectivity index (χ4n) is 3.53. The second kappa shape index (κ2) is 6.66. The van der Waals surface area contributed by atoms with Gasteiger partial charge in [-0.1, -0.05) is 6.42 Å². The summed E-state index contributed by atoms with van der Waals surface area (Å²) in [6.07, 6.45) is 4.18. The highest BCUT2D eigenvalue weighted by Crippen LogP contribution is 2.27. The number of anilines is 1. The number of benzene rings is 1. The van der Waals surface area contributed by atoms with Crippen LogP contribution in [0.4, 0.5) is 10.1 Å². The van der Waals surface area contributed by atoms with Gasteiger partial charge in [-0.2, -0.15) is 0 Å². The molecule has 0 spiro atoms. The first-order valence-corrected chi connectivity index (χ1v) is 8.21. The van der Waals surface area contributed by atoms with E-state index in [9.17, 15) is 14.0 Å². The number of halogens is 1. The van der Waals surface area contributed by atoms with Gasteiger partial charge in [0.25, 0.3) is 5.91 Å². The minimum Gasteiger partial charge on any atom is -0.349 e. The Morgan fingerprint density at radius 1 is 1.35 bits per heavy atom. The summed E-state index contributed by atoms with van der Waals surface area (Å²) in [7, 11) is 0. The predicted octanol–water partition coefficient (Wildman–Crippen LogP) is 1.81. The molecule has 124 valence electrons. The zero-order valence-corrected chi connectivity index (χ0v) is 13.1. The Morgan fingerprint density at radius 2 is 2.17 bits per heavy atom. The number of carbonyl (C=O) groups is 2. The lowest BCUT2D eigenvalue weighted by atomic mass is 10.0. The largest absolute Gasteiger partial charge is 0.349 e. The average molecular weight is 319 g/mol. The quantitative estimate of drug-likeness (QED) is 0.889. The van der Waals surface area contributed by atoms with E-state index in [1.54, 1.807) is 11.0 Å². The van der Waals surface area contributed by atoms with Crippen molar-refractivity contribution in [2.24, 2.45) is 11.7 Å². The molecule has 1 aliphatic heterocycles. The predicted molar refractivity (Wildman–Crippen MR) is 85.6 cm³/mol. The van der Waals surface area contributed by atoms with Gasteiger partial charge >= 0.3 is 0 Å². The third-order valence-corrected chi connectivity index (χ3v) is 4.86. The van der Waals surface area contributed by atoms with E-state index in [1.807, 2.05) is 0 Å². The van der Waals surface area contributed by atoms with Crippen molar-refractivity contribution >= 4 is 17.5 Å². The number of rotatable bonds is 4. The van der Waals surface area contributed by atoms with Gasteiger partial charge in [0.05, 0.1) is 5.56 Å². The molecule has 1 saturated heterocycles. The first-order chi connectivity index (χ1) is 11.1. The molecule has 2 fully saturated rings. The van der Waals surface area contributed by atoms with E-state index < -0.39 is 11.7 Å².